The van der Waals surface area contributed by atoms with Crippen molar-refractivity contribution < 1.29 is 23.7 Å². The van der Waals surface area contributed by atoms with E-state index in [1.165, 1.54) is 0 Å². The number of hydrogen-bond acceptors (Lipinski definition) is 5. The summed E-state index contributed by atoms with van der Waals surface area (Å²) in [6, 6.07) is 0. The zero-order valence-electron chi connectivity index (χ0n) is 10.0. The van der Waals surface area contributed by atoms with Crippen LogP contribution in [0.2, 0.25) is 0 Å². The number of ether oxygens (including phenoxy) is 5. The quantitative estimate of drug-likeness (QED) is 0.545. The van der Waals surface area contributed by atoms with Crippen LogP contribution in [0, 0.1) is 0 Å². The van der Waals surface area contributed by atoms with Crippen molar-refractivity contribution in [2.75, 3.05) is 35.0 Å². The maximum Gasteiger partial charge on any atom is 0.138 e. The zero-order valence-corrected chi connectivity index (χ0v) is 12.2. The Kier molecular flexibility index (Phi) is 6.45. The van der Waals surface area contributed by atoms with Crippen molar-refractivity contribution in [3.63, 3.8) is 0 Å². The van der Waals surface area contributed by atoms with Crippen LogP contribution in [-0.4, -0.2) is 63.6 Å². The van der Waals surface area contributed by atoms with Crippen molar-refractivity contribution in [1.29, 1.82) is 0 Å². The predicted molar refractivity (Wildman–Crippen MR) is 66.9 cm³/mol. The molecule has 1 saturated heterocycles. The molecule has 0 aromatic rings. The molecular formula is C10H19IO5. The molecule has 1 aliphatic heterocycles. The van der Waals surface area contributed by atoms with Gasteiger partial charge in [-0.25, -0.2) is 0 Å². The number of halogens is 1. The molecule has 6 heteroatoms. The third-order valence-corrected chi connectivity index (χ3v) is 3.73. The van der Waals surface area contributed by atoms with E-state index in [-0.39, 0.29) is 28.5 Å². The van der Waals surface area contributed by atoms with Crippen LogP contribution in [-0.2, 0) is 23.7 Å². The largest absolute Gasteiger partial charge is 0.382 e. The summed E-state index contributed by atoms with van der Waals surface area (Å²) in [5, 5.41) is 0. The Morgan fingerprint density at radius 3 is 1.94 bits per heavy atom. The van der Waals surface area contributed by atoms with Crippen LogP contribution in [0.5, 0.6) is 0 Å². The molecule has 16 heavy (non-hydrogen) atoms. The van der Waals surface area contributed by atoms with E-state index in [4.69, 9.17) is 23.7 Å². The summed E-state index contributed by atoms with van der Waals surface area (Å²) in [6.07, 6.45) is -0.594. The zero-order chi connectivity index (χ0) is 12.1. The second-order valence-corrected chi connectivity index (χ2v) is 4.81. The summed E-state index contributed by atoms with van der Waals surface area (Å²) in [7, 11) is 6.59. The first kappa shape index (κ1) is 14.6. The van der Waals surface area contributed by atoms with Gasteiger partial charge in [-0.2, -0.15) is 0 Å². The molecule has 0 unspecified atom stereocenters. The summed E-state index contributed by atoms with van der Waals surface area (Å²) in [5.74, 6) is 0. The van der Waals surface area contributed by atoms with Crippen molar-refractivity contribution >= 4 is 22.6 Å². The SMILES string of the molecule is COC[C@H]1O[C@H](I)[C@H](OC)[C@@H](OC)[C@@H]1OC. The van der Waals surface area contributed by atoms with E-state index >= 15 is 0 Å². The van der Waals surface area contributed by atoms with E-state index in [0.717, 1.165) is 0 Å². The second-order valence-electron chi connectivity index (χ2n) is 3.58. The van der Waals surface area contributed by atoms with Gasteiger partial charge in [0.15, 0.2) is 0 Å². The molecule has 5 nitrogen and oxygen atoms in total. The fourth-order valence-electron chi connectivity index (χ4n) is 1.96. The van der Waals surface area contributed by atoms with Crippen molar-refractivity contribution in [1.82, 2.24) is 0 Å². The number of rotatable bonds is 5. The topological polar surface area (TPSA) is 46.2 Å². The monoisotopic (exact) mass is 346 g/mol. The molecule has 96 valence electrons. The van der Waals surface area contributed by atoms with Crippen molar-refractivity contribution in [3.05, 3.63) is 0 Å². The Morgan fingerprint density at radius 1 is 0.938 bits per heavy atom. The molecule has 0 N–H and O–H groups in total. The third-order valence-electron chi connectivity index (χ3n) is 2.72. The predicted octanol–water partition coefficient (Wildman–Crippen LogP) is 0.838. The van der Waals surface area contributed by atoms with E-state index in [1.807, 2.05) is 0 Å². The van der Waals surface area contributed by atoms with Crippen molar-refractivity contribution in [2.24, 2.45) is 0 Å². The lowest BCUT2D eigenvalue weighted by Gasteiger charge is -2.43. The van der Waals surface area contributed by atoms with Crippen LogP contribution < -0.4 is 0 Å². The molecule has 1 rings (SSSR count). The lowest BCUT2D eigenvalue weighted by atomic mass is 10.00. The second kappa shape index (κ2) is 7.07. The molecule has 5 atom stereocenters. The van der Waals surface area contributed by atoms with Gasteiger partial charge in [0.2, 0.25) is 0 Å². The van der Waals surface area contributed by atoms with Crippen LogP contribution in [0.15, 0.2) is 0 Å². The average molecular weight is 346 g/mol. The summed E-state index contributed by atoms with van der Waals surface area (Å²) in [5.41, 5.74) is 0. The molecule has 0 aliphatic carbocycles. The van der Waals surface area contributed by atoms with Crippen molar-refractivity contribution in [2.45, 2.75) is 28.5 Å². The average Bonchev–Trinajstić information content (AvgIpc) is 2.28. The summed E-state index contributed by atoms with van der Waals surface area (Å²) in [4.78, 5) is 0. The standard InChI is InChI=1S/C10H19IO5/c1-12-5-6-7(13-2)8(14-3)9(15-4)10(11)16-6/h6-10H,5H2,1-4H3/t6-,7-,8+,9-,10+/m1/s1. The van der Waals surface area contributed by atoms with Crippen LogP contribution in [0.3, 0.4) is 0 Å². The lowest BCUT2D eigenvalue weighted by Crippen LogP contribution is -2.58. The molecule has 1 fully saturated rings. The molecule has 1 aliphatic rings. The molecule has 0 aromatic carbocycles. The summed E-state index contributed by atoms with van der Waals surface area (Å²) < 4.78 is 27.1. The summed E-state index contributed by atoms with van der Waals surface area (Å²) >= 11 is 2.20. The fourth-order valence-corrected chi connectivity index (χ4v) is 3.04. The van der Waals surface area contributed by atoms with Gasteiger partial charge in [0.1, 0.15) is 28.5 Å². The molecule has 0 spiro atoms. The molecule has 0 saturated carbocycles. The highest BCUT2D eigenvalue weighted by molar-refractivity contribution is 14.1. The van der Waals surface area contributed by atoms with E-state index in [1.54, 1.807) is 28.4 Å². The highest BCUT2D eigenvalue weighted by Crippen LogP contribution is 2.30. The normalized spacial score (nSPS) is 39.9. The first-order chi connectivity index (χ1) is 7.69. The highest BCUT2D eigenvalue weighted by atomic mass is 127. The first-order valence-corrected chi connectivity index (χ1v) is 6.31. The van der Waals surface area contributed by atoms with E-state index in [0.29, 0.717) is 6.61 Å². The van der Waals surface area contributed by atoms with Gasteiger partial charge in [-0.3, -0.25) is 0 Å². The van der Waals surface area contributed by atoms with Gasteiger partial charge < -0.3 is 23.7 Å². The maximum atomic E-state index is 5.80. The molecule has 0 amide bonds. The Morgan fingerprint density at radius 2 is 1.50 bits per heavy atom. The van der Waals surface area contributed by atoms with Gasteiger partial charge in [0.25, 0.3) is 0 Å². The lowest BCUT2D eigenvalue weighted by molar-refractivity contribution is -0.225. The van der Waals surface area contributed by atoms with E-state index in [9.17, 15) is 0 Å². The van der Waals surface area contributed by atoms with Crippen molar-refractivity contribution in [3.8, 4) is 0 Å². The van der Waals surface area contributed by atoms with Crippen LogP contribution in [0.25, 0.3) is 0 Å². The molecule has 0 aromatic heterocycles. The minimum absolute atomic E-state index is 0.0703. The Hall–Kier alpha value is 0.530. The molecule has 1 heterocycles. The van der Waals surface area contributed by atoms with Crippen LogP contribution in [0.1, 0.15) is 0 Å². The van der Waals surface area contributed by atoms with Gasteiger partial charge in [0, 0.05) is 28.4 Å². The van der Waals surface area contributed by atoms with Gasteiger partial charge in [-0.15, -0.1) is 0 Å². The molecular weight excluding hydrogens is 327 g/mol. The van der Waals surface area contributed by atoms with Gasteiger partial charge >= 0.3 is 0 Å². The van der Waals surface area contributed by atoms with Crippen LogP contribution in [0.4, 0.5) is 0 Å². The minimum Gasteiger partial charge on any atom is -0.382 e. The fraction of sp³-hybridized carbons (Fsp3) is 1.00. The van der Waals surface area contributed by atoms with Crippen LogP contribution >= 0.6 is 22.6 Å². The first-order valence-electron chi connectivity index (χ1n) is 5.06. The van der Waals surface area contributed by atoms with Gasteiger partial charge in [0.05, 0.1) is 6.61 Å². The van der Waals surface area contributed by atoms with E-state index in [2.05, 4.69) is 22.6 Å². The third kappa shape index (κ3) is 3.05. The molecule has 0 bridgehead atoms. The Labute approximate surface area is 110 Å². The maximum absolute atomic E-state index is 5.80. The van der Waals surface area contributed by atoms with Gasteiger partial charge in [-0.1, -0.05) is 0 Å². The Bertz CT molecular complexity index is 204. The summed E-state index contributed by atoms with van der Waals surface area (Å²) in [6.45, 7) is 0.480. The minimum atomic E-state index is -0.180. The smallest absolute Gasteiger partial charge is 0.138 e. The Balaban J connectivity index is 2.78. The van der Waals surface area contributed by atoms with E-state index < -0.39 is 0 Å². The molecule has 0 radical (unpaired) electrons. The highest BCUT2D eigenvalue weighted by Gasteiger charge is 2.45. The number of hydrogen-bond donors (Lipinski definition) is 0. The van der Waals surface area contributed by atoms with Gasteiger partial charge in [-0.05, 0) is 22.6 Å². The number of alkyl halides is 1. The number of methoxy groups -OCH3 is 4.